The molecule has 0 spiro atoms. The van der Waals surface area contributed by atoms with Crippen molar-refractivity contribution in [1.82, 2.24) is 0 Å². The molecule has 0 aliphatic carbocycles. The van der Waals surface area contributed by atoms with Crippen LogP contribution in [0.4, 0.5) is 0 Å². The number of rotatable bonds is 17. The van der Waals surface area contributed by atoms with Gasteiger partial charge in [-0.15, -0.1) is 0 Å². The van der Waals surface area contributed by atoms with Gasteiger partial charge in [-0.3, -0.25) is 14.4 Å². The van der Waals surface area contributed by atoms with Crippen LogP contribution in [-0.2, 0) is 35.2 Å². The average molecular weight is 594 g/mol. The van der Waals surface area contributed by atoms with Gasteiger partial charge in [0.15, 0.2) is 0 Å². The van der Waals surface area contributed by atoms with E-state index < -0.39 is 21.7 Å². The molecule has 41 heavy (non-hydrogen) atoms. The number of thioether (sulfide) groups is 1. The molecule has 0 saturated carbocycles. The summed E-state index contributed by atoms with van der Waals surface area (Å²) in [5, 5.41) is 0. The summed E-state index contributed by atoms with van der Waals surface area (Å²) in [6.45, 7) is 21.3. The molecule has 0 aliphatic rings. The van der Waals surface area contributed by atoms with E-state index in [9.17, 15) is 14.4 Å². The van der Waals surface area contributed by atoms with Crippen LogP contribution in [0, 0.1) is 27.6 Å². The molecule has 0 amide bonds. The fraction of sp³-hybridized carbons (Fsp3) is 0.727. The quantitative estimate of drug-likeness (QED) is 0.155. The second kappa shape index (κ2) is 14.9. The van der Waals surface area contributed by atoms with E-state index in [4.69, 9.17) is 19.9 Å². The minimum absolute atomic E-state index is 0.00149. The van der Waals surface area contributed by atoms with E-state index in [0.717, 1.165) is 5.56 Å². The summed E-state index contributed by atoms with van der Waals surface area (Å²) < 4.78 is 16.0. The van der Waals surface area contributed by atoms with Crippen LogP contribution >= 0.6 is 11.8 Å². The second-order valence-corrected chi connectivity index (χ2v) is 15.5. The maximum atomic E-state index is 13.9. The molecule has 1 aromatic rings. The minimum atomic E-state index is -0.931. The number of nitrogens with two attached hydrogens (primary N) is 1. The maximum Gasteiger partial charge on any atom is 0.312 e. The van der Waals surface area contributed by atoms with E-state index in [1.807, 2.05) is 58.0 Å². The van der Waals surface area contributed by atoms with E-state index in [1.54, 1.807) is 11.8 Å². The number of hydrogen-bond acceptors (Lipinski definition) is 8. The predicted octanol–water partition coefficient (Wildman–Crippen LogP) is 6.81. The van der Waals surface area contributed by atoms with Crippen LogP contribution in [0.2, 0.25) is 0 Å². The van der Waals surface area contributed by atoms with Gasteiger partial charge in [0.2, 0.25) is 0 Å². The number of esters is 3. The highest BCUT2D eigenvalue weighted by molar-refractivity contribution is 8.00. The van der Waals surface area contributed by atoms with Crippen LogP contribution in [0.25, 0.3) is 0 Å². The monoisotopic (exact) mass is 593 g/mol. The topological polar surface area (TPSA) is 105 Å². The number of carbonyl (C=O) groups is 3. The molecule has 0 heterocycles. The molecule has 2 atom stereocenters. The van der Waals surface area contributed by atoms with Gasteiger partial charge in [0, 0.05) is 17.0 Å². The lowest BCUT2D eigenvalue weighted by Crippen LogP contribution is -2.55. The predicted molar refractivity (Wildman–Crippen MR) is 167 cm³/mol. The molecule has 1 rings (SSSR count). The first-order chi connectivity index (χ1) is 18.8. The zero-order valence-electron chi connectivity index (χ0n) is 27.3. The lowest BCUT2D eigenvalue weighted by atomic mass is 9.48. The van der Waals surface area contributed by atoms with Crippen molar-refractivity contribution in [3.05, 3.63) is 35.9 Å². The molecule has 0 bridgehead atoms. The third-order valence-electron chi connectivity index (χ3n) is 9.44. The van der Waals surface area contributed by atoms with Gasteiger partial charge in [0.25, 0.3) is 0 Å². The highest BCUT2D eigenvalue weighted by atomic mass is 32.2. The van der Waals surface area contributed by atoms with Gasteiger partial charge in [0.05, 0.1) is 24.4 Å². The molecule has 0 fully saturated rings. The fourth-order valence-corrected chi connectivity index (χ4v) is 6.77. The Hall–Kier alpha value is -2.06. The number of carbonyl (C=O) groups excluding carboxylic acids is 3. The van der Waals surface area contributed by atoms with Crippen molar-refractivity contribution in [3.8, 4) is 0 Å². The van der Waals surface area contributed by atoms with E-state index in [0.29, 0.717) is 25.0 Å². The summed E-state index contributed by atoms with van der Waals surface area (Å²) >= 11 is 1.64. The number of benzene rings is 1. The Bertz CT molecular complexity index is 1010. The summed E-state index contributed by atoms with van der Waals surface area (Å²) in [4.78, 5) is 39.2. The van der Waals surface area contributed by atoms with Gasteiger partial charge in [-0.1, -0.05) is 85.7 Å². The fourth-order valence-electron chi connectivity index (χ4n) is 5.56. The van der Waals surface area contributed by atoms with Crippen LogP contribution in [0.3, 0.4) is 0 Å². The molecular formula is C33H55NO6S. The number of ether oxygens (including phenoxy) is 3. The SMILES string of the molecule is COC(=O)CCSC(C)(C)CC(C)(C(=O)OCCN)C(C)(C)C(C)(C)CC(C)(C(=O)OCc1ccccc1)C(C)C. The second-order valence-electron chi connectivity index (χ2n) is 13.7. The zero-order valence-corrected chi connectivity index (χ0v) is 28.2. The zero-order chi connectivity index (χ0) is 31.7. The first-order valence-electron chi connectivity index (χ1n) is 14.6. The van der Waals surface area contributed by atoms with Crippen LogP contribution in [0.15, 0.2) is 30.3 Å². The van der Waals surface area contributed by atoms with Crippen LogP contribution in [-0.4, -0.2) is 48.7 Å². The summed E-state index contributed by atoms with van der Waals surface area (Å²) in [7, 11) is 1.38. The molecule has 2 N–H and O–H groups in total. The Morgan fingerprint density at radius 3 is 1.98 bits per heavy atom. The lowest BCUT2D eigenvalue weighted by molar-refractivity contribution is -0.177. The van der Waals surface area contributed by atoms with Crippen molar-refractivity contribution in [3.63, 3.8) is 0 Å². The van der Waals surface area contributed by atoms with Crippen molar-refractivity contribution in [2.24, 2.45) is 33.3 Å². The maximum absolute atomic E-state index is 13.9. The first kappa shape index (κ1) is 37.0. The Kier molecular flexibility index (Phi) is 13.4. The minimum Gasteiger partial charge on any atom is -0.469 e. The Balaban J connectivity index is 3.37. The average Bonchev–Trinajstić information content (AvgIpc) is 2.89. The molecule has 2 unspecified atom stereocenters. The van der Waals surface area contributed by atoms with Crippen molar-refractivity contribution in [1.29, 1.82) is 0 Å². The molecule has 234 valence electrons. The van der Waals surface area contributed by atoms with Gasteiger partial charge in [0.1, 0.15) is 13.2 Å². The third kappa shape index (κ3) is 9.47. The van der Waals surface area contributed by atoms with Crippen LogP contribution in [0.1, 0.15) is 94.1 Å². The molecule has 0 saturated heterocycles. The molecule has 8 heteroatoms. The lowest BCUT2D eigenvalue weighted by Gasteiger charge is -2.56. The molecule has 0 radical (unpaired) electrons. The van der Waals surface area contributed by atoms with Crippen LogP contribution < -0.4 is 5.73 Å². The van der Waals surface area contributed by atoms with Gasteiger partial charge >= 0.3 is 17.9 Å². The van der Waals surface area contributed by atoms with Gasteiger partial charge in [-0.25, -0.2) is 0 Å². The standard InChI is InChI=1S/C33H55NO6S/c1-24(2)32(9,27(36)40-21-25-15-13-12-14-16-25)22-29(3,4)31(7,8)33(10,28(37)39-19-18-34)23-30(5,6)41-20-17-26(35)38-11/h12-16,24H,17-23,34H2,1-11H3. The third-order valence-corrected chi connectivity index (χ3v) is 10.8. The van der Waals surface area contributed by atoms with Crippen molar-refractivity contribution in [2.45, 2.75) is 99.9 Å². The smallest absolute Gasteiger partial charge is 0.312 e. The first-order valence-corrected chi connectivity index (χ1v) is 15.6. The van der Waals surface area contributed by atoms with E-state index >= 15 is 0 Å². The Morgan fingerprint density at radius 2 is 1.46 bits per heavy atom. The number of methoxy groups -OCH3 is 1. The summed E-state index contributed by atoms with van der Waals surface area (Å²) in [5.74, 6) is -0.226. The van der Waals surface area contributed by atoms with Crippen molar-refractivity contribution < 1.29 is 28.6 Å². The normalized spacial score (nSPS) is 15.5. The van der Waals surface area contributed by atoms with Gasteiger partial charge in [-0.05, 0) is 49.0 Å². The Morgan fingerprint density at radius 1 is 0.878 bits per heavy atom. The Labute approximate surface area is 253 Å². The highest BCUT2D eigenvalue weighted by Crippen LogP contribution is 2.60. The van der Waals surface area contributed by atoms with E-state index in [2.05, 4.69) is 41.5 Å². The molecule has 7 nitrogen and oxygen atoms in total. The summed E-state index contributed by atoms with van der Waals surface area (Å²) in [5.41, 5.74) is 3.79. The summed E-state index contributed by atoms with van der Waals surface area (Å²) in [6, 6.07) is 9.67. The van der Waals surface area contributed by atoms with Crippen LogP contribution in [0.5, 0.6) is 0 Å². The molecular weight excluding hydrogens is 538 g/mol. The molecule has 1 aromatic carbocycles. The summed E-state index contributed by atoms with van der Waals surface area (Å²) in [6.07, 6.45) is 1.31. The van der Waals surface area contributed by atoms with E-state index in [-0.39, 0.29) is 48.3 Å². The number of hydrogen-bond donors (Lipinski definition) is 1. The van der Waals surface area contributed by atoms with Gasteiger partial charge in [-0.2, -0.15) is 11.8 Å². The van der Waals surface area contributed by atoms with Crippen molar-refractivity contribution >= 4 is 29.7 Å². The van der Waals surface area contributed by atoms with E-state index in [1.165, 1.54) is 7.11 Å². The van der Waals surface area contributed by atoms with Crippen molar-refractivity contribution in [2.75, 3.05) is 26.0 Å². The molecule has 0 aromatic heterocycles. The van der Waals surface area contributed by atoms with Gasteiger partial charge < -0.3 is 19.9 Å². The largest absolute Gasteiger partial charge is 0.469 e. The highest BCUT2D eigenvalue weighted by Gasteiger charge is 2.59. The molecule has 0 aliphatic heterocycles.